The van der Waals surface area contributed by atoms with E-state index in [0.29, 0.717) is 5.75 Å². The van der Waals surface area contributed by atoms with Gasteiger partial charge in [-0.1, -0.05) is 12.1 Å². The molecule has 0 saturated heterocycles. The second-order valence-electron chi connectivity index (χ2n) is 7.81. The van der Waals surface area contributed by atoms with Gasteiger partial charge >= 0.3 is 0 Å². The number of rotatable bonds is 7. The largest absolute Gasteiger partial charge is 0.484 e. The molecule has 2 rings (SSSR count). The summed E-state index contributed by atoms with van der Waals surface area (Å²) in [6.45, 7) is 7.28. The summed E-state index contributed by atoms with van der Waals surface area (Å²) in [7, 11) is 0. The number of ether oxygens (including phenoxy) is 1. The van der Waals surface area contributed by atoms with Gasteiger partial charge in [-0.15, -0.1) is 0 Å². The molecule has 0 aliphatic rings. The lowest BCUT2D eigenvalue weighted by Gasteiger charge is -2.31. The Morgan fingerprint density at radius 3 is 2.24 bits per heavy atom. The van der Waals surface area contributed by atoms with E-state index in [9.17, 15) is 14.0 Å². The maximum absolute atomic E-state index is 13.2. The molecule has 29 heavy (non-hydrogen) atoms. The Morgan fingerprint density at radius 2 is 1.69 bits per heavy atom. The number of benzene rings is 2. The van der Waals surface area contributed by atoms with Gasteiger partial charge in [-0.05, 0) is 92.2 Å². The molecule has 0 saturated carbocycles. The summed E-state index contributed by atoms with van der Waals surface area (Å²) in [4.78, 5) is 27.0. The van der Waals surface area contributed by atoms with Crippen molar-refractivity contribution < 1.29 is 18.7 Å². The van der Waals surface area contributed by atoms with E-state index < -0.39 is 11.6 Å². The molecule has 5 nitrogen and oxygen atoms in total. The van der Waals surface area contributed by atoms with Crippen LogP contribution in [0.3, 0.4) is 0 Å². The van der Waals surface area contributed by atoms with E-state index in [-0.39, 0.29) is 30.8 Å². The van der Waals surface area contributed by atoms with Gasteiger partial charge in [0.2, 0.25) is 5.91 Å². The third kappa shape index (κ3) is 7.64. The van der Waals surface area contributed by atoms with Crippen molar-refractivity contribution in [3.63, 3.8) is 0 Å². The van der Waals surface area contributed by atoms with Gasteiger partial charge in [0.05, 0.1) is 0 Å². The van der Waals surface area contributed by atoms with E-state index in [2.05, 4.69) is 27.9 Å². The van der Waals surface area contributed by atoms with E-state index in [4.69, 9.17) is 4.74 Å². The van der Waals surface area contributed by atoms with Crippen molar-refractivity contribution in [2.75, 3.05) is 6.61 Å². The minimum atomic E-state index is -0.716. The lowest BCUT2D eigenvalue weighted by Crippen LogP contribution is -2.53. The molecule has 0 aliphatic carbocycles. The molecule has 0 radical (unpaired) electrons. The maximum atomic E-state index is 13.2. The number of hydrogen-bond acceptors (Lipinski definition) is 3. The fourth-order valence-corrected chi connectivity index (χ4v) is 2.96. The summed E-state index contributed by atoms with van der Waals surface area (Å²) in [6.07, 6.45) is 0. The molecule has 0 heterocycles. The Balaban J connectivity index is 2.15. The van der Waals surface area contributed by atoms with Crippen molar-refractivity contribution in [2.45, 2.75) is 45.8 Å². The van der Waals surface area contributed by atoms with Crippen LogP contribution in [0.4, 0.5) is 4.39 Å². The lowest BCUT2D eigenvalue weighted by atomic mass is 10.1. The van der Waals surface area contributed by atoms with E-state index in [1.54, 1.807) is 31.2 Å². The molecule has 1 atom stereocenters. The third-order valence-electron chi connectivity index (χ3n) is 4.11. The summed E-state index contributed by atoms with van der Waals surface area (Å²) in [6, 6.07) is 12.5. The molecular formula is C22H26FIN2O3. The number of carbonyl (C=O) groups is 2. The Labute approximate surface area is 184 Å². The molecule has 0 fully saturated rings. The number of carbonyl (C=O) groups excluding carboxylic acids is 2. The first-order valence-corrected chi connectivity index (χ1v) is 10.4. The zero-order chi connectivity index (χ0) is 21.6. The zero-order valence-corrected chi connectivity index (χ0v) is 19.2. The van der Waals surface area contributed by atoms with Gasteiger partial charge in [0.1, 0.15) is 17.6 Å². The van der Waals surface area contributed by atoms with Crippen molar-refractivity contribution >= 4 is 34.4 Å². The molecule has 1 N–H and O–H groups in total. The summed E-state index contributed by atoms with van der Waals surface area (Å²) in [5, 5.41) is 2.89. The van der Waals surface area contributed by atoms with Crippen LogP contribution in [0.25, 0.3) is 0 Å². The highest BCUT2D eigenvalue weighted by Gasteiger charge is 2.28. The highest BCUT2D eigenvalue weighted by Crippen LogP contribution is 2.15. The molecule has 2 amide bonds. The standard InChI is InChI=1S/C22H26FIN2O3/c1-15(21(28)25-22(2,3)4)26(13-16-5-7-17(23)8-6-16)20(27)14-29-19-11-9-18(24)10-12-19/h5-12,15H,13-14H2,1-4H3,(H,25,28)/t15-/m0/s1. The number of halogens is 2. The van der Waals surface area contributed by atoms with Crippen LogP contribution < -0.4 is 10.1 Å². The third-order valence-corrected chi connectivity index (χ3v) is 4.83. The van der Waals surface area contributed by atoms with Crippen LogP contribution in [0.15, 0.2) is 48.5 Å². The van der Waals surface area contributed by atoms with Crippen LogP contribution in [-0.4, -0.2) is 34.9 Å². The minimum absolute atomic E-state index is 0.174. The van der Waals surface area contributed by atoms with Crippen molar-refractivity contribution in [3.8, 4) is 5.75 Å². The van der Waals surface area contributed by atoms with E-state index in [1.807, 2.05) is 32.9 Å². The van der Waals surface area contributed by atoms with E-state index in [0.717, 1.165) is 9.13 Å². The number of nitrogens with one attached hydrogen (secondary N) is 1. The number of hydrogen-bond donors (Lipinski definition) is 1. The van der Waals surface area contributed by atoms with E-state index in [1.165, 1.54) is 17.0 Å². The Hall–Kier alpha value is -2.16. The summed E-state index contributed by atoms with van der Waals surface area (Å²) in [5.41, 5.74) is 0.303. The normalized spacial score (nSPS) is 12.2. The SMILES string of the molecule is C[C@@H](C(=O)NC(C)(C)C)N(Cc1ccc(F)cc1)C(=O)COc1ccc(I)cc1. The van der Waals surface area contributed by atoms with E-state index >= 15 is 0 Å². The summed E-state index contributed by atoms with van der Waals surface area (Å²) >= 11 is 2.19. The molecule has 2 aromatic rings. The fraction of sp³-hybridized carbons (Fsp3) is 0.364. The van der Waals surface area contributed by atoms with Gasteiger partial charge in [0.15, 0.2) is 6.61 Å². The van der Waals surface area contributed by atoms with Crippen LogP contribution >= 0.6 is 22.6 Å². The highest BCUT2D eigenvalue weighted by molar-refractivity contribution is 14.1. The highest BCUT2D eigenvalue weighted by atomic mass is 127. The first kappa shape index (κ1) is 23.1. The molecule has 2 aromatic carbocycles. The predicted octanol–water partition coefficient (Wildman–Crippen LogP) is 4.14. The van der Waals surface area contributed by atoms with Gasteiger partial charge in [0, 0.05) is 15.7 Å². The predicted molar refractivity (Wildman–Crippen MR) is 119 cm³/mol. The molecule has 0 aliphatic heterocycles. The van der Waals surface area contributed by atoms with Crippen molar-refractivity contribution in [3.05, 3.63) is 63.5 Å². The Kier molecular flexibility index (Phi) is 8.01. The molecular weight excluding hydrogens is 486 g/mol. The van der Waals surface area contributed by atoms with Crippen molar-refractivity contribution in [2.24, 2.45) is 0 Å². The fourth-order valence-electron chi connectivity index (χ4n) is 2.60. The quantitative estimate of drug-likeness (QED) is 0.568. The van der Waals surface area contributed by atoms with Gasteiger partial charge in [-0.25, -0.2) is 4.39 Å². The maximum Gasteiger partial charge on any atom is 0.261 e. The molecule has 156 valence electrons. The van der Waals surface area contributed by atoms with Crippen LogP contribution in [0, 0.1) is 9.39 Å². The first-order chi connectivity index (χ1) is 13.5. The monoisotopic (exact) mass is 512 g/mol. The average Bonchev–Trinajstić information content (AvgIpc) is 2.65. The average molecular weight is 512 g/mol. The van der Waals surface area contributed by atoms with Gasteiger partial charge in [-0.2, -0.15) is 0 Å². The molecule has 0 aromatic heterocycles. The van der Waals surface area contributed by atoms with Crippen LogP contribution in [0.1, 0.15) is 33.3 Å². The second-order valence-corrected chi connectivity index (χ2v) is 9.05. The molecule has 7 heteroatoms. The van der Waals surface area contributed by atoms with Gasteiger partial charge in [-0.3, -0.25) is 9.59 Å². The van der Waals surface area contributed by atoms with Gasteiger partial charge in [0.25, 0.3) is 5.91 Å². The van der Waals surface area contributed by atoms with Crippen LogP contribution in [0.2, 0.25) is 0 Å². The minimum Gasteiger partial charge on any atom is -0.484 e. The smallest absolute Gasteiger partial charge is 0.261 e. The molecule has 0 bridgehead atoms. The zero-order valence-electron chi connectivity index (χ0n) is 17.0. The number of nitrogens with zero attached hydrogens (tertiary/aromatic N) is 1. The first-order valence-electron chi connectivity index (χ1n) is 9.29. The molecule has 0 unspecified atom stereocenters. The second kappa shape index (κ2) is 10.0. The lowest BCUT2D eigenvalue weighted by molar-refractivity contribution is -0.142. The Bertz CT molecular complexity index is 833. The Morgan fingerprint density at radius 1 is 1.10 bits per heavy atom. The topological polar surface area (TPSA) is 58.6 Å². The number of amides is 2. The van der Waals surface area contributed by atoms with Crippen LogP contribution in [-0.2, 0) is 16.1 Å². The van der Waals surface area contributed by atoms with Crippen LogP contribution in [0.5, 0.6) is 5.75 Å². The summed E-state index contributed by atoms with van der Waals surface area (Å²) < 4.78 is 19.9. The van der Waals surface area contributed by atoms with Crippen molar-refractivity contribution in [1.29, 1.82) is 0 Å². The summed E-state index contributed by atoms with van der Waals surface area (Å²) in [5.74, 6) is -0.369. The molecule has 0 spiro atoms. The van der Waals surface area contributed by atoms with Gasteiger partial charge < -0.3 is 15.0 Å². The van der Waals surface area contributed by atoms with Crippen molar-refractivity contribution in [1.82, 2.24) is 10.2 Å².